The van der Waals surface area contributed by atoms with E-state index in [0.717, 1.165) is 19.4 Å². The molecule has 3 heteroatoms. The Labute approximate surface area is 109 Å². The summed E-state index contributed by atoms with van der Waals surface area (Å²) in [7, 11) is 3.76. The van der Waals surface area contributed by atoms with Crippen molar-refractivity contribution in [1.29, 1.82) is 0 Å². The van der Waals surface area contributed by atoms with Crippen molar-refractivity contribution in [3.63, 3.8) is 0 Å². The van der Waals surface area contributed by atoms with Crippen LogP contribution in [0.15, 0.2) is 12.1 Å². The second kappa shape index (κ2) is 5.19. The van der Waals surface area contributed by atoms with Gasteiger partial charge in [-0.3, -0.25) is 4.90 Å². The molecule has 1 aromatic rings. The van der Waals surface area contributed by atoms with Crippen molar-refractivity contribution in [3.05, 3.63) is 23.3 Å². The van der Waals surface area contributed by atoms with Crippen LogP contribution >= 0.6 is 0 Å². The smallest absolute Gasteiger partial charge is 0.160 e. The molecular weight excluding hydrogens is 226 g/mol. The van der Waals surface area contributed by atoms with Crippen molar-refractivity contribution in [3.8, 4) is 11.5 Å². The van der Waals surface area contributed by atoms with Gasteiger partial charge >= 0.3 is 0 Å². The number of hydrogen-bond acceptors (Lipinski definition) is 3. The van der Waals surface area contributed by atoms with Crippen LogP contribution in [0.2, 0.25) is 0 Å². The summed E-state index contributed by atoms with van der Waals surface area (Å²) in [6.45, 7) is 5.55. The number of nitrogens with zero attached hydrogens (tertiary/aromatic N) is 1. The summed E-state index contributed by atoms with van der Waals surface area (Å²) >= 11 is 0. The number of methoxy groups -OCH3 is 1. The minimum atomic E-state index is 0.250. The summed E-state index contributed by atoms with van der Waals surface area (Å²) in [5, 5.41) is 9.96. The van der Waals surface area contributed by atoms with Crippen LogP contribution in [0.3, 0.4) is 0 Å². The third-order valence-electron chi connectivity index (χ3n) is 3.76. The number of rotatable bonds is 3. The van der Waals surface area contributed by atoms with E-state index < -0.39 is 0 Å². The van der Waals surface area contributed by atoms with Gasteiger partial charge in [-0.2, -0.15) is 0 Å². The summed E-state index contributed by atoms with van der Waals surface area (Å²) < 4.78 is 5.19. The lowest BCUT2D eigenvalue weighted by Gasteiger charge is -2.36. The molecule has 0 spiro atoms. The molecular formula is C15H23NO2. The third kappa shape index (κ3) is 2.46. The molecule has 1 atom stereocenters. The molecule has 1 aliphatic heterocycles. The zero-order chi connectivity index (χ0) is 13.3. The van der Waals surface area contributed by atoms with Crippen LogP contribution in [0.1, 0.15) is 37.4 Å². The highest BCUT2D eigenvalue weighted by Gasteiger charge is 2.26. The zero-order valence-electron chi connectivity index (χ0n) is 11.7. The molecule has 0 unspecified atom stereocenters. The Morgan fingerprint density at radius 2 is 2.17 bits per heavy atom. The summed E-state index contributed by atoms with van der Waals surface area (Å²) in [5.41, 5.74) is 2.57. The SMILES string of the molecule is COc1cc2c(cc1O)[C@H](CC(C)C)N(C)CC2. The number of ether oxygens (including phenoxy) is 1. The van der Waals surface area contributed by atoms with Crippen molar-refractivity contribution < 1.29 is 9.84 Å². The fourth-order valence-corrected chi connectivity index (χ4v) is 2.76. The largest absolute Gasteiger partial charge is 0.504 e. The molecule has 18 heavy (non-hydrogen) atoms. The van der Waals surface area contributed by atoms with Crippen LogP contribution in [0.25, 0.3) is 0 Å². The Balaban J connectivity index is 2.40. The maximum absolute atomic E-state index is 9.96. The van der Waals surface area contributed by atoms with Crippen molar-refractivity contribution in [2.24, 2.45) is 5.92 Å². The molecule has 0 fully saturated rings. The predicted octanol–water partition coefficient (Wildman–Crippen LogP) is 2.98. The van der Waals surface area contributed by atoms with Gasteiger partial charge in [-0.25, -0.2) is 0 Å². The van der Waals surface area contributed by atoms with Gasteiger partial charge in [0.15, 0.2) is 11.5 Å². The van der Waals surface area contributed by atoms with Gasteiger partial charge in [0.25, 0.3) is 0 Å². The fraction of sp³-hybridized carbons (Fsp3) is 0.600. The van der Waals surface area contributed by atoms with E-state index in [1.807, 2.05) is 12.1 Å². The minimum absolute atomic E-state index is 0.250. The van der Waals surface area contributed by atoms with E-state index in [1.165, 1.54) is 11.1 Å². The Morgan fingerprint density at radius 1 is 1.44 bits per heavy atom. The highest BCUT2D eigenvalue weighted by molar-refractivity contribution is 5.48. The number of phenols is 1. The van der Waals surface area contributed by atoms with Crippen molar-refractivity contribution in [1.82, 2.24) is 4.90 Å². The molecule has 0 amide bonds. The van der Waals surface area contributed by atoms with Crippen molar-refractivity contribution in [2.75, 3.05) is 20.7 Å². The van der Waals surface area contributed by atoms with Gasteiger partial charge in [0, 0.05) is 12.6 Å². The lowest BCUT2D eigenvalue weighted by Crippen LogP contribution is -2.33. The first kappa shape index (κ1) is 13.2. The first-order valence-electron chi connectivity index (χ1n) is 6.63. The van der Waals surface area contributed by atoms with Gasteiger partial charge in [0.1, 0.15) is 0 Å². The van der Waals surface area contributed by atoms with Crippen molar-refractivity contribution >= 4 is 0 Å². The number of likely N-dealkylation sites (N-methyl/N-ethyl adjacent to an activating group) is 1. The number of phenolic OH excluding ortho intramolecular Hbond substituents is 1. The van der Waals surface area contributed by atoms with E-state index in [1.54, 1.807) is 7.11 Å². The average Bonchev–Trinajstić information content (AvgIpc) is 2.32. The quantitative estimate of drug-likeness (QED) is 0.894. The standard InChI is InChI=1S/C15H23NO2/c1-10(2)7-13-12-9-14(17)15(18-4)8-11(12)5-6-16(13)3/h8-10,13,17H,5-7H2,1-4H3/t13-/m0/s1. The topological polar surface area (TPSA) is 32.7 Å². The van der Waals surface area contributed by atoms with Crippen LogP contribution in [-0.4, -0.2) is 30.7 Å². The molecule has 1 aliphatic rings. The van der Waals surface area contributed by atoms with Crippen molar-refractivity contribution in [2.45, 2.75) is 32.7 Å². The molecule has 100 valence electrons. The van der Waals surface area contributed by atoms with Gasteiger partial charge in [0.2, 0.25) is 0 Å². The van der Waals surface area contributed by atoms with Gasteiger partial charge in [0.05, 0.1) is 7.11 Å². The second-order valence-electron chi connectivity index (χ2n) is 5.60. The Hall–Kier alpha value is -1.22. The van der Waals surface area contributed by atoms with Gasteiger partial charge in [-0.05, 0) is 49.1 Å². The maximum atomic E-state index is 9.96. The van der Waals surface area contributed by atoms with Gasteiger partial charge in [-0.15, -0.1) is 0 Å². The Bertz CT molecular complexity index is 429. The summed E-state index contributed by atoms with van der Waals surface area (Å²) in [5.74, 6) is 1.48. The highest BCUT2D eigenvalue weighted by atomic mass is 16.5. The minimum Gasteiger partial charge on any atom is -0.504 e. The second-order valence-corrected chi connectivity index (χ2v) is 5.60. The van der Waals surface area contributed by atoms with Crippen LogP contribution in [0.4, 0.5) is 0 Å². The molecule has 1 heterocycles. The summed E-state index contributed by atoms with van der Waals surface area (Å²) in [6.07, 6.45) is 2.15. The highest BCUT2D eigenvalue weighted by Crippen LogP contribution is 2.39. The van der Waals surface area contributed by atoms with Crippen LogP contribution < -0.4 is 4.74 Å². The Kier molecular flexibility index (Phi) is 3.81. The van der Waals surface area contributed by atoms with E-state index in [0.29, 0.717) is 17.7 Å². The van der Waals surface area contributed by atoms with E-state index in [-0.39, 0.29) is 5.75 Å². The van der Waals surface area contributed by atoms with E-state index in [2.05, 4.69) is 25.8 Å². The molecule has 1 aromatic carbocycles. The predicted molar refractivity (Wildman–Crippen MR) is 73.2 cm³/mol. The molecule has 3 nitrogen and oxygen atoms in total. The average molecular weight is 249 g/mol. The summed E-state index contributed by atoms with van der Waals surface area (Å²) in [6, 6.07) is 4.28. The molecule has 0 saturated carbocycles. The first-order valence-corrected chi connectivity index (χ1v) is 6.63. The monoisotopic (exact) mass is 249 g/mol. The summed E-state index contributed by atoms with van der Waals surface area (Å²) in [4.78, 5) is 2.38. The van der Waals surface area contributed by atoms with Crippen LogP contribution in [0.5, 0.6) is 11.5 Å². The van der Waals surface area contributed by atoms with E-state index in [9.17, 15) is 5.11 Å². The first-order chi connectivity index (χ1) is 8.52. The molecule has 0 bridgehead atoms. The van der Waals surface area contributed by atoms with Gasteiger partial charge < -0.3 is 9.84 Å². The van der Waals surface area contributed by atoms with Crippen LogP contribution in [-0.2, 0) is 6.42 Å². The lowest BCUT2D eigenvalue weighted by molar-refractivity contribution is 0.201. The molecule has 0 aromatic heterocycles. The number of aromatic hydroxyl groups is 1. The zero-order valence-corrected chi connectivity index (χ0v) is 11.7. The van der Waals surface area contributed by atoms with Crippen LogP contribution in [0, 0.1) is 5.92 Å². The van der Waals surface area contributed by atoms with E-state index >= 15 is 0 Å². The third-order valence-corrected chi connectivity index (χ3v) is 3.76. The van der Waals surface area contributed by atoms with E-state index in [4.69, 9.17) is 4.74 Å². The fourth-order valence-electron chi connectivity index (χ4n) is 2.76. The number of hydrogen-bond donors (Lipinski definition) is 1. The molecule has 0 saturated heterocycles. The normalized spacial score (nSPS) is 19.9. The number of fused-ring (bicyclic) bond motifs is 1. The Morgan fingerprint density at radius 3 is 2.78 bits per heavy atom. The molecule has 2 rings (SSSR count). The molecule has 0 aliphatic carbocycles. The lowest BCUT2D eigenvalue weighted by atomic mass is 9.87. The van der Waals surface area contributed by atoms with Gasteiger partial charge in [-0.1, -0.05) is 13.8 Å². The molecule has 1 N–H and O–H groups in total. The number of benzene rings is 1. The maximum Gasteiger partial charge on any atom is 0.160 e. The molecule has 0 radical (unpaired) electrons.